The van der Waals surface area contributed by atoms with Crippen LogP contribution in [0.1, 0.15) is 21.6 Å². The number of amides is 1. The number of carbonyl (C=O) groups is 1. The second kappa shape index (κ2) is 5.42. The summed E-state index contributed by atoms with van der Waals surface area (Å²) in [6, 6.07) is 11.2. The zero-order chi connectivity index (χ0) is 16.8. The Morgan fingerprint density at radius 3 is 2.71 bits per heavy atom. The van der Waals surface area contributed by atoms with Gasteiger partial charge >= 0.3 is 0 Å². The minimum Gasteiger partial charge on any atom is -0.304 e. The van der Waals surface area contributed by atoms with Crippen molar-refractivity contribution in [2.75, 3.05) is 5.32 Å². The number of pyridine rings is 1. The normalized spacial score (nSPS) is 11.3. The molecule has 5 nitrogen and oxygen atoms in total. The van der Waals surface area contributed by atoms with E-state index in [1.165, 1.54) is 5.56 Å². The number of aromatic nitrogens is 3. The number of benzene rings is 1. The highest BCUT2D eigenvalue weighted by atomic mass is 32.1. The van der Waals surface area contributed by atoms with E-state index >= 15 is 0 Å². The Bertz CT molecular complexity index is 1080. The number of aryl methyl sites for hydroxylation is 3. The standard InChI is InChI=1S/C18H16N4OS/c1-10-9-11(2)19-18-13(10)14-15(24-18)16(21-22(14)3)20-17(23)12-7-5-4-6-8-12/h4-9H,1-3H3,(H,20,21,23). The van der Waals surface area contributed by atoms with Crippen LogP contribution in [-0.2, 0) is 7.05 Å². The van der Waals surface area contributed by atoms with Crippen LogP contribution >= 0.6 is 11.3 Å². The molecule has 4 aromatic rings. The van der Waals surface area contributed by atoms with Gasteiger partial charge in [0.2, 0.25) is 0 Å². The van der Waals surface area contributed by atoms with Crippen molar-refractivity contribution in [2.45, 2.75) is 13.8 Å². The number of rotatable bonds is 2. The second-order valence-electron chi connectivity index (χ2n) is 5.83. The minimum atomic E-state index is -0.158. The van der Waals surface area contributed by atoms with Crippen molar-refractivity contribution in [2.24, 2.45) is 7.05 Å². The molecule has 1 amide bonds. The predicted octanol–water partition coefficient (Wildman–Crippen LogP) is 4.05. The Labute approximate surface area is 142 Å². The van der Waals surface area contributed by atoms with E-state index in [0.717, 1.165) is 26.1 Å². The maximum absolute atomic E-state index is 12.4. The van der Waals surface area contributed by atoms with Gasteiger partial charge in [-0.15, -0.1) is 11.3 Å². The number of fused-ring (bicyclic) bond motifs is 3. The van der Waals surface area contributed by atoms with Crippen LogP contribution in [0, 0.1) is 13.8 Å². The van der Waals surface area contributed by atoms with E-state index in [1.807, 2.05) is 36.9 Å². The first-order valence-electron chi connectivity index (χ1n) is 7.64. The van der Waals surface area contributed by atoms with Crippen LogP contribution in [-0.4, -0.2) is 20.7 Å². The van der Waals surface area contributed by atoms with Crippen LogP contribution in [0.2, 0.25) is 0 Å². The summed E-state index contributed by atoms with van der Waals surface area (Å²) in [6.45, 7) is 4.07. The van der Waals surface area contributed by atoms with Gasteiger partial charge in [0, 0.05) is 23.7 Å². The molecule has 120 valence electrons. The molecule has 0 unspecified atom stereocenters. The minimum absolute atomic E-state index is 0.158. The molecule has 1 aromatic carbocycles. The van der Waals surface area contributed by atoms with Gasteiger partial charge < -0.3 is 5.32 Å². The number of nitrogens with one attached hydrogen (secondary N) is 1. The lowest BCUT2D eigenvalue weighted by Crippen LogP contribution is -2.12. The third-order valence-electron chi connectivity index (χ3n) is 4.02. The number of thiophene rings is 1. The number of carbonyl (C=O) groups excluding carboxylic acids is 1. The topological polar surface area (TPSA) is 59.8 Å². The lowest BCUT2D eigenvalue weighted by atomic mass is 10.1. The first-order chi connectivity index (χ1) is 11.5. The SMILES string of the molecule is Cc1cc(C)c2c(n1)sc1c(NC(=O)c3ccccc3)nn(C)c12. The maximum atomic E-state index is 12.4. The third-order valence-corrected chi connectivity index (χ3v) is 5.10. The zero-order valence-corrected chi connectivity index (χ0v) is 14.4. The van der Waals surface area contributed by atoms with Crippen molar-refractivity contribution >= 4 is 43.5 Å². The summed E-state index contributed by atoms with van der Waals surface area (Å²) in [5.74, 6) is 0.426. The monoisotopic (exact) mass is 336 g/mol. The Morgan fingerprint density at radius 1 is 1.21 bits per heavy atom. The van der Waals surface area contributed by atoms with Gasteiger partial charge in [0.05, 0.1) is 10.2 Å². The predicted molar refractivity (Wildman–Crippen MR) is 97.8 cm³/mol. The van der Waals surface area contributed by atoms with Gasteiger partial charge in [0.25, 0.3) is 5.91 Å². The van der Waals surface area contributed by atoms with E-state index in [2.05, 4.69) is 28.4 Å². The Morgan fingerprint density at radius 2 is 1.96 bits per heavy atom. The van der Waals surface area contributed by atoms with Crippen LogP contribution in [0.25, 0.3) is 20.4 Å². The zero-order valence-electron chi connectivity index (χ0n) is 13.6. The second-order valence-corrected chi connectivity index (χ2v) is 6.83. The molecule has 0 bridgehead atoms. The van der Waals surface area contributed by atoms with E-state index in [9.17, 15) is 4.79 Å². The van der Waals surface area contributed by atoms with Gasteiger partial charge in [-0.1, -0.05) is 18.2 Å². The molecule has 24 heavy (non-hydrogen) atoms. The molecule has 1 N–H and O–H groups in total. The summed E-state index contributed by atoms with van der Waals surface area (Å²) >= 11 is 1.57. The molecule has 0 fully saturated rings. The third kappa shape index (κ3) is 2.27. The summed E-state index contributed by atoms with van der Waals surface area (Å²) < 4.78 is 2.77. The fourth-order valence-electron chi connectivity index (χ4n) is 2.99. The number of hydrogen-bond donors (Lipinski definition) is 1. The van der Waals surface area contributed by atoms with Gasteiger partial charge in [-0.2, -0.15) is 5.10 Å². The van der Waals surface area contributed by atoms with Gasteiger partial charge in [-0.25, -0.2) is 4.98 Å². The molecular formula is C18H16N4OS. The fraction of sp³-hybridized carbons (Fsp3) is 0.167. The Hall–Kier alpha value is -2.73. The smallest absolute Gasteiger partial charge is 0.256 e. The van der Waals surface area contributed by atoms with E-state index in [-0.39, 0.29) is 5.91 Å². The maximum Gasteiger partial charge on any atom is 0.256 e. The van der Waals surface area contributed by atoms with Crippen LogP contribution in [0.3, 0.4) is 0 Å². The first kappa shape index (κ1) is 14.8. The van der Waals surface area contributed by atoms with E-state index in [0.29, 0.717) is 11.4 Å². The van der Waals surface area contributed by atoms with Crippen molar-refractivity contribution in [3.8, 4) is 0 Å². The highest BCUT2D eigenvalue weighted by Gasteiger charge is 2.19. The van der Waals surface area contributed by atoms with Crippen molar-refractivity contribution in [1.29, 1.82) is 0 Å². The van der Waals surface area contributed by atoms with Gasteiger partial charge in [0.1, 0.15) is 4.83 Å². The molecule has 4 rings (SSSR count). The average Bonchev–Trinajstić information content (AvgIpc) is 3.06. The van der Waals surface area contributed by atoms with Crippen LogP contribution in [0.5, 0.6) is 0 Å². The van der Waals surface area contributed by atoms with E-state index in [4.69, 9.17) is 0 Å². The van der Waals surface area contributed by atoms with Crippen LogP contribution in [0.15, 0.2) is 36.4 Å². The lowest BCUT2D eigenvalue weighted by Gasteiger charge is -2.01. The van der Waals surface area contributed by atoms with Crippen molar-refractivity contribution in [3.63, 3.8) is 0 Å². The van der Waals surface area contributed by atoms with Crippen LogP contribution < -0.4 is 5.32 Å². The molecule has 0 spiro atoms. The summed E-state index contributed by atoms with van der Waals surface area (Å²) in [6.07, 6.45) is 0. The summed E-state index contributed by atoms with van der Waals surface area (Å²) in [5, 5.41) is 8.53. The summed E-state index contributed by atoms with van der Waals surface area (Å²) in [4.78, 5) is 18.0. The molecule has 0 aliphatic heterocycles. The molecule has 0 saturated carbocycles. The molecule has 0 saturated heterocycles. The number of nitrogens with zero attached hydrogens (tertiary/aromatic N) is 3. The van der Waals surface area contributed by atoms with Crippen molar-refractivity contribution in [1.82, 2.24) is 14.8 Å². The van der Waals surface area contributed by atoms with Gasteiger partial charge in [-0.05, 0) is 37.6 Å². The molecule has 0 atom stereocenters. The molecule has 6 heteroatoms. The van der Waals surface area contributed by atoms with Crippen molar-refractivity contribution in [3.05, 3.63) is 53.2 Å². The van der Waals surface area contributed by atoms with Gasteiger partial charge in [-0.3, -0.25) is 9.48 Å². The van der Waals surface area contributed by atoms with Gasteiger partial charge in [0.15, 0.2) is 5.82 Å². The Balaban J connectivity index is 1.85. The van der Waals surface area contributed by atoms with Crippen LogP contribution in [0.4, 0.5) is 5.82 Å². The lowest BCUT2D eigenvalue weighted by molar-refractivity contribution is 0.102. The van der Waals surface area contributed by atoms with Crippen molar-refractivity contribution < 1.29 is 4.79 Å². The molecule has 0 aliphatic rings. The average molecular weight is 336 g/mol. The Kier molecular flexibility index (Phi) is 3.35. The highest BCUT2D eigenvalue weighted by Crippen LogP contribution is 2.38. The molecule has 3 aromatic heterocycles. The molecule has 0 aliphatic carbocycles. The fourth-order valence-corrected chi connectivity index (χ4v) is 4.25. The highest BCUT2D eigenvalue weighted by molar-refractivity contribution is 7.26. The molecule has 0 radical (unpaired) electrons. The molecule has 3 heterocycles. The summed E-state index contributed by atoms with van der Waals surface area (Å²) in [5.41, 5.74) is 3.80. The molecular weight excluding hydrogens is 320 g/mol. The largest absolute Gasteiger partial charge is 0.304 e. The first-order valence-corrected chi connectivity index (χ1v) is 8.46. The number of hydrogen-bond acceptors (Lipinski definition) is 4. The summed E-state index contributed by atoms with van der Waals surface area (Å²) in [7, 11) is 1.89. The van der Waals surface area contributed by atoms with E-state index < -0.39 is 0 Å². The number of anilines is 1. The van der Waals surface area contributed by atoms with E-state index in [1.54, 1.807) is 23.5 Å². The quantitative estimate of drug-likeness (QED) is 0.601.